The third kappa shape index (κ3) is 3.98. The van der Waals surface area contributed by atoms with Crippen LogP contribution in [0.1, 0.15) is 19.4 Å². The molecule has 0 aliphatic carbocycles. The fraction of sp³-hybridized carbons (Fsp3) is 0.429. The van der Waals surface area contributed by atoms with E-state index in [1.54, 1.807) is 24.3 Å². The highest BCUT2D eigenvalue weighted by atomic mass is 32.2. The Morgan fingerprint density at radius 2 is 1.74 bits per heavy atom. The number of morpholine rings is 1. The predicted molar refractivity (Wildman–Crippen MR) is 118 cm³/mol. The molecule has 1 saturated heterocycles. The number of anilines is 2. The Kier molecular flexibility index (Phi) is 5.87. The molecule has 2 aromatic carbocycles. The Morgan fingerprint density at radius 3 is 2.35 bits per heavy atom. The van der Waals surface area contributed by atoms with E-state index in [2.05, 4.69) is 23.6 Å². The zero-order chi connectivity index (χ0) is 22.2. The molecule has 31 heavy (non-hydrogen) atoms. The average Bonchev–Trinajstić information content (AvgIpc) is 3.04. The molecule has 0 radical (unpaired) electrons. The zero-order valence-corrected chi connectivity index (χ0v) is 18.4. The molecule has 1 atom stereocenters. The molecule has 9 nitrogen and oxygen atoms in total. The summed E-state index contributed by atoms with van der Waals surface area (Å²) in [4.78, 5) is 15.1. The lowest BCUT2D eigenvalue weighted by atomic mass is 10.2. The van der Waals surface area contributed by atoms with Crippen LogP contribution in [-0.4, -0.2) is 56.7 Å². The van der Waals surface area contributed by atoms with Crippen LogP contribution in [0.15, 0.2) is 47.4 Å². The van der Waals surface area contributed by atoms with Gasteiger partial charge in [0.25, 0.3) is 5.69 Å². The van der Waals surface area contributed by atoms with Gasteiger partial charge in [-0.05, 0) is 37.6 Å². The molecular formula is C21H26N4O5S. The van der Waals surface area contributed by atoms with E-state index in [1.807, 2.05) is 6.07 Å². The first-order chi connectivity index (χ1) is 14.8. The van der Waals surface area contributed by atoms with Crippen molar-refractivity contribution in [3.63, 3.8) is 0 Å². The average molecular weight is 447 g/mol. The van der Waals surface area contributed by atoms with E-state index in [1.165, 1.54) is 16.4 Å². The van der Waals surface area contributed by atoms with Crippen molar-refractivity contribution in [1.82, 2.24) is 4.31 Å². The third-order valence-electron chi connectivity index (χ3n) is 5.92. The van der Waals surface area contributed by atoms with Crippen LogP contribution in [0.2, 0.25) is 0 Å². The maximum absolute atomic E-state index is 13.2. The van der Waals surface area contributed by atoms with Crippen molar-refractivity contribution in [3.8, 4) is 0 Å². The highest BCUT2D eigenvalue weighted by Crippen LogP contribution is 2.42. The molecule has 0 amide bonds. The van der Waals surface area contributed by atoms with Crippen molar-refractivity contribution in [3.05, 3.63) is 58.1 Å². The van der Waals surface area contributed by atoms with Crippen molar-refractivity contribution in [2.75, 3.05) is 42.6 Å². The first-order valence-electron chi connectivity index (χ1n) is 10.3. The van der Waals surface area contributed by atoms with Crippen LogP contribution in [0.3, 0.4) is 0 Å². The Labute approximate surface area is 182 Å². The maximum atomic E-state index is 13.2. The molecule has 0 spiro atoms. The molecular weight excluding hydrogens is 420 g/mol. The van der Waals surface area contributed by atoms with Gasteiger partial charge in [0.05, 0.1) is 40.6 Å². The Bertz CT molecular complexity index is 1070. The summed E-state index contributed by atoms with van der Waals surface area (Å²) in [6.07, 6.45) is 0.0246. The zero-order valence-electron chi connectivity index (χ0n) is 17.6. The first-order valence-corrected chi connectivity index (χ1v) is 11.8. The number of rotatable bonds is 6. The van der Waals surface area contributed by atoms with Gasteiger partial charge in [-0.1, -0.05) is 12.1 Å². The Balaban J connectivity index is 1.67. The van der Waals surface area contributed by atoms with E-state index < -0.39 is 14.9 Å². The van der Waals surface area contributed by atoms with Gasteiger partial charge in [0, 0.05) is 38.3 Å². The number of nitro benzene ring substituents is 1. The fourth-order valence-electron chi connectivity index (χ4n) is 4.22. The third-order valence-corrected chi connectivity index (χ3v) is 7.81. The monoisotopic (exact) mass is 446 g/mol. The van der Waals surface area contributed by atoms with Gasteiger partial charge in [-0.3, -0.25) is 10.1 Å². The molecule has 2 aliphatic heterocycles. The van der Waals surface area contributed by atoms with Crippen LogP contribution in [0.25, 0.3) is 0 Å². The van der Waals surface area contributed by atoms with E-state index >= 15 is 0 Å². The highest BCUT2D eigenvalue weighted by Gasteiger charge is 2.34. The summed E-state index contributed by atoms with van der Waals surface area (Å²) >= 11 is 0. The normalized spacial score (nSPS) is 19.5. The molecule has 2 aromatic rings. The molecule has 2 heterocycles. The fourth-order valence-corrected chi connectivity index (χ4v) is 5.64. The van der Waals surface area contributed by atoms with Crippen LogP contribution in [0.5, 0.6) is 0 Å². The van der Waals surface area contributed by atoms with Crippen molar-refractivity contribution < 1.29 is 18.1 Å². The van der Waals surface area contributed by atoms with Gasteiger partial charge < -0.3 is 14.5 Å². The van der Waals surface area contributed by atoms with Gasteiger partial charge in [-0.15, -0.1) is 0 Å². The van der Waals surface area contributed by atoms with Crippen molar-refractivity contribution in [2.45, 2.75) is 31.5 Å². The summed E-state index contributed by atoms with van der Waals surface area (Å²) in [6.45, 7) is 6.93. The lowest BCUT2D eigenvalue weighted by Gasteiger charge is -2.29. The molecule has 0 aromatic heterocycles. The summed E-state index contributed by atoms with van der Waals surface area (Å²) in [7, 11) is -3.60. The molecule has 4 rings (SSSR count). The van der Waals surface area contributed by atoms with Gasteiger partial charge >= 0.3 is 0 Å². The predicted octanol–water partition coefficient (Wildman–Crippen LogP) is 2.81. The molecule has 0 unspecified atom stereocenters. The number of nitro groups is 1. The second kappa shape index (κ2) is 8.45. The van der Waals surface area contributed by atoms with Crippen LogP contribution < -0.4 is 9.80 Å². The van der Waals surface area contributed by atoms with Crippen molar-refractivity contribution in [2.24, 2.45) is 0 Å². The minimum atomic E-state index is -3.60. The second-order valence-electron chi connectivity index (χ2n) is 7.64. The number of hydrogen-bond donors (Lipinski definition) is 0. The lowest BCUT2D eigenvalue weighted by molar-refractivity contribution is -0.384. The SMILES string of the molecule is CCN1c2ccc(S(=O)(=O)N3CCOCC3)cc2N(Cc2ccc([N+](=O)[O-])cc2)[C@@H]1C. The largest absolute Gasteiger partial charge is 0.379 e. The maximum Gasteiger partial charge on any atom is 0.269 e. The minimum absolute atomic E-state index is 0.0246. The Hall–Kier alpha value is -2.69. The standard InChI is InChI=1S/C21H26N4O5S/c1-3-23-16(2)24(15-17-4-6-18(7-5-17)25(26)27)21-14-19(8-9-20(21)23)31(28,29)22-10-12-30-13-11-22/h4-9,14,16H,3,10-13,15H2,1-2H3/t16-/m1/s1. The number of fused-ring (bicyclic) bond motifs is 1. The number of hydrogen-bond acceptors (Lipinski definition) is 7. The van der Waals surface area contributed by atoms with E-state index in [0.717, 1.165) is 23.5 Å². The van der Waals surface area contributed by atoms with Gasteiger partial charge in [0.15, 0.2) is 0 Å². The molecule has 10 heteroatoms. The second-order valence-corrected chi connectivity index (χ2v) is 9.57. The molecule has 0 saturated carbocycles. The van der Waals surface area contributed by atoms with Gasteiger partial charge in [0.1, 0.15) is 0 Å². The van der Waals surface area contributed by atoms with Crippen LogP contribution in [0.4, 0.5) is 17.1 Å². The molecule has 0 bridgehead atoms. The minimum Gasteiger partial charge on any atom is -0.379 e. The van der Waals surface area contributed by atoms with Crippen molar-refractivity contribution >= 4 is 27.1 Å². The summed E-state index contributed by atoms with van der Waals surface area (Å²) in [5, 5.41) is 10.9. The number of ether oxygens (including phenoxy) is 1. The lowest BCUT2D eigenvalue weighted by Crippen LogP contribution is -2.40. The summed E-state index contributed by atoms with van der Waals surface area (Å²) in [5.74, 6) is 0. The van der Waals surface area contributed by atoms with Gasteiger partial charge in [-0.25, -0.2) is 8.42 Å². The molecule has 0 N–H and O–H groups in total. The van der Waals surface area contributed by atoms with Crippen LogP contribution >= 0.6 is 0 Å². The quantitative estimate of drug-likeness (QED) is 0.497. The van der Waals surface area contributed by atoms with E-state index in [0.29, 0.717) is 32.8 Å². The Morgan fingerprint density at radius 1 is 1.06 bits per heavy atom. The molecule has 2 aliphatic rings. The van der Waals surface area contributed by atoms with Crippen LogP contribution in [0, 0.1) is 10.1 Å². The van der Waals surface area contributed by atoms with Gasteiger partial charge in [-0.2, -0.15) is 4.31 Å². The topological polar surface area (TPSA) is 96.2 Å². The van der Waals surface area contributed by atoms with E-state index in [4.69, 9.17) is 4.74 Å². The first kappa shape index (κ1) is 21.5. The summed E-state index contributed by atoms with van der Waals surface area (Å²) < 4.78 is 33.1. The number of benzene rings is 2. The summed E-state index contributed by atoms with van der Waals surface area (Å²) in [5.41, 5.74) is 2.80. The number of nitrogens with zero attached hydrogens (tertiary/aromatic N) is 4. The van der Waals surface area contributed by atoms with E-state index in [9.17, 15) is 18.5 Å². The number of non-ortho nitro benzene ring substituents is 1. The summed E-state index contributed by atoms with van der Waals surface area (Å²) in [6, 6.07) is 11.8. The van der Waals surface area contributed by atoms with E-state index in [-0.39, 0.29) is 16.7 Å². The molecule has 1 fully saturated rings. The van der Waals surface area contributed by atoms with Crippen LogP contribution in [-0.2, 0) is 21.3 Å². The molecule has 166 valence electrons. The smallest absolute Gasteiger partial charge is 0.269 e. The van der Waals surface area contributed by atoms with Crippen molar-refractivity contribution in [1.29, 1.82) is 0 Å². The number of sulfonamides is 1. The van der Waals surface area contributed by atoms with Gasteiger partial charge in [0.2, 0.25) is 10.0 Å². The highest BCUT2D eigenvalue weighted by molar-refractivity contribution is 7.89.